The van der Waals surface area contributed by atoms with Crippen molar-refractivity contribution in [3.05, 3.63) is 83.3 Å². The van der Waals surface area contributed by atoms with E-state index in [0.717, 1.165) is 12.8 Å². The number of nitrogens with zero attached hydrogens (tertiary/aromatic N) is 1. The van der Waals surface area contributed by atoms with Gasteiger partial charge in [-0.1, -0.05) is 31.5 Å². The molecule has 3 aromatic rings. The van der Waals surface area contributed by atoms with Gasteiger partial charge in [0.15, 0.2) is 11.5 Å². The van der Waals surface area contributed by atoms with Gasteiger partial charge in [0.25, 0.3) is 11.7 Å². The number of aliphatic hydroxyl groups excluding tert-OH is 1. The van der Waals surface area contributed by atoms with E-state index in [-0.39, 0.29) is 17.9 Å². The number of benzene rings is 2. The van der Waals surface area contributed by atoms with Gasteiger partial charge in [-0.15, -0.1) is 0 Å². The first-order valence-corrected chi connectivity index (χ1v) is 12.3. The number of likely N-dealkylation sites (tertiary alicyclic amines) is 1. The van der Waals surface area contributed by atoms with E-state index in [2.05, 4.69) is 6.92 Å². The molecule has 1 N–H and O–H groups in total. The molecule has 1 aliphatic heterocycles. The van der Waals surface area contributed by atoms with Gasteiger partial charge in [0.05, 0.1) is 44.7 Å². The summed E-state index contributed by atoms with van der Waals surface area (Å²) in [5.41, 5.74) is 0.943. The molecule has 0 spiro atoms. The molecule has 0 aliphatic carbocycles. The van der Waals surface area contributed by atoms with Gasteiger partial charge in [0.2, 0.25) is 0 Å². The highest BCUT2D eigenvalue weighted by Gasteiger charge is 2.46. The third-order valence-electron chi connectivity index (χ3n) is 6.12. The standard InChI is InChI=1S/C29H31NO7/c1-4-6-14-37-23-13-12-19(17-24(23)34-3)26-25(27(31)20-9-7-10-21(16-20)35-5-2)28(32)29(33)30(26)18-22-11-8-15-36-22/h7-13,15-17,26,31H,4-6,14,18H2,1-3H3. The van der Waals surface area contributed by atoms with Gasteiger partial charge in [0.1, 0.15) is 17.3 Å². The Hall–Kier alpha value is -4.20. The maximum atomic E-state index is 13.3. The zero-order chi connectivity index (χ0) is 26.4. The lowest BCUT2D eigenvalue weighted by Gasteiger charge is -2.25. The summed E-state index contributed by atoms with van der Waals surface area (Å²) in [6.07, 6.45) is 3.40. The summed E-state index contributed by atoms with van der Waals surface area (Å²) in [7, 11) is 1.53. The van der Waals surface area contributed by atoms with Gasteiger partial charge in [-0.25, -0.2) is 0 Å². The third kappa shape index (κ3) is 5.48. The number of rotatable bonds is 11. The molecule has 2 heterocycles. The van der Waals surface area contributed by atoms with Crippen molar-refractivity contribution < 1.29 is 33.3 Å². The molecule has 1 unspecified atom stereocenters. The predicted octanol–water partition coefficient (Wildman–Crippen LogP) is 5.49. The molecular weight excluding hydrogens is 474 g/mol. The van der Waals surface area contributed by atoms with E-state index in [1.54, 1.807) is 54.6 Å². The molecule has 8 nitrogen and oxygen atoms in total. The van der Waals surface area contributed by atoms with E-state index in [4.69, 9.17) is 18.6 Å². The summed E-state index contributed by atoms with van der Waals surface area (Å²) in [5, 5.41) is 11.3. The first kappa shape index (κ1) is 25.9. The Morgan fingerprint density at radius 2 is 1.86 bits per heavy atom. The van der Waals surface area contributed by atoms with Crippen LogP contribution < -0.4 is 14.2 Å². The topological polar surface area (TPSA) is 98.4 Å². The van der Waals surface area contributed by atoms with Crippen LogP contribution in [-0.4, -0.2) is 42.0 Å². The predicted molar refractivity (Wildman–Crippen MR) is 138 cm³/mol. The molecule has 1 atom stereocenters. The van der Waals surface area contributed by atoms with E-state index >= 15 is 0 Å². The van der Waals surface area contributed by atoms with E-state index < -0.39 is 17.7 Å². The Morgan fingerprint density at radius 3 is 2.57 bits per heavy atom. The van der Waals surface area contributed by atoms with Crippen LogP contribution in [0.5, 0.6) is 17.2 Å². The zero-order valence-electron chi connectivity index (χ0n) is 21.2. The maximum Gasteiger partial charge on any atom is 0.296 e. The molecule has 2 aromatic carbocycles. The minimum Gasteiger partial charge on any atom is -0.507 e. The average molecular weight is 506 g/mol. The first-order chi connectivity index (χ1) is 18.0. The van der Waals surface area contributed by atoms with Crippen molar-refractivity contribution in [1.29, 1.82) is 0 Å². The van der Waals surface area contributed by atoms with Crippen molar-refractivity contribution in [2.24, 2.45) is 0 Å². The molecule has 0 radical (unpaired) electrons. The van der Waals surface area contributed by atoms with Crippen LogP contribution in [0.25, 0.3) is 5.76 Å². The summed E-state index contributed by atoms with van der Waals surface area (Å²) in [6, 6.07) is 14.6. The summed E-state index contributed by atoms with van der Waals surface area (Å²) in [4.78, 5) is 28.0. The smallest absolute Gasteiger partial charge is 0.296 e. The summed E-state index contributed by atoms with van der Waals surface area (Å²) >= 11 is 0. The number of furan rings is 1. The first-order valence-electron chi connectivity index (χ1n) is 12.3. The Labute approximate surface area is 216 Å². The van der Waals surface area contributed by atoms with Gasteiger partial charge in [-0.2, -0.15) is 0 Å². The number of methoxy groups -OCH3 is 1. The molecule has 1 aliphatic rings. The number of ketones is 1. The third-order valence-corrected chi connectivity index (χ3v) is 6.12. The van der Waals surface area contributed by atoms with Crippen LogP contribution in [0.4, 0.5) is 0 Å². The molecule has 1 amide bonds. The summed E-state index contributed by atoms with van der Waals surface area (Å²) in [6.45, 7) is 4.98. The molecular formula is C29H31NO7. The SMILES string of the molecule is CCCCOc1ccc(C2C(=C(O)c3cccc(OCC)c3)C(=O)C(=O)N2Cc2ccco2)cc1OC. The molecule has 1 fully saturated rings. The van der Waals surface area contributed by atoms with E-state index in [0.29, 0.717) is 47.3 Å². The summed E-state index contributed by atoms with van der Waals surface area (Å²) < 4.78 is 22.4. The Balaban J connectivity index is 1.82. The highest BCUT2D eigenvalue weighted by atomic mass is 16.5. The number of ether oxygens (including phenoxy) is 3. The molecule has 0 bridgehead atoms. The summed E-state index contributed by atoms with van der Waals surface area (Å²) in [5.74, 6) is 0.292. The Kier molecular flexibility index (Phi) is 8.18. The van der Waals surface area contributed by atoms with Crippen LogP contribution in [0.1, 0.15) is 49.6 Å². The van der Waals surface area contributed by atoms with Gasteiger partial charge < -0.3 is 28.6 Å². The fourth-order valence-corrected chi connectivity index (χ4v) is 4.32. The highest BCUT2D eigenvalue weighted by Crippen LogP contribution is 2.43. The van der Waals surface area contributed by atoms with Crippen molar-refractivity contribution >= 4 is 17.4 Å². The van der Waals surface area contributed by atoms with Crippen LogP contribution in [0, 0.1) is 0 Å². The normalized spacial score (nSPS) is 16.7. The fourth-order valence-electron chi connectivity index (χ4n) is 4.32. The molecule has 4 rings (SSSR count). The van der Waals surface area contributed by atoms with Gasteiger partial charge in [-0.3, -0.25) is 9.59 Å². The average Bonchev–Trinajstić information content (AvgIpc) is 3.51. The van der Waals surface area contributed by atoms with Gasteiger partial charge >= 0.3 is 0 Å². The van der Waals surface area contributed by atoms with Crippen molar-refractivity contribution in [3.8, 4) is 17.2 Å². The fraction of sp³-hybridized carbons (Fsp3) is 0.310. The number of hydrogen-bond donors (Lipinski definition) is 1. The number of Topliss-reactive ketones (excluding diaryl/α,β-unsaturated/α-hetero) is 1. The van der Waals surface area contributed by atoms with Crippen molar-refractivity contribution in [3.63, 3.8) is 0 Å². The highest BCUT2D eigenvalue weighted by molar-refractivity contribution is 6.46. The molecule has 0 saturated carbocycles. The van der Waals surface area contributed by atoms with Crippen LogP contribution in [0.2, 0.25) is 0 Å². The van der Waals surface area contributed by atoms with Crippen molar-refractivity contribution in [1.82, 2.24) is 4.90 Å². The lowest BCUT2D eigenvalue weighted by Crippen LogP contribution is -2.29. The zero-order valence-corrected chi connectivity index (χ0v) is 21.2. The Bertz CT molecular complexity index is 1280. The molecule has 194 valence electrons. The van der Waals surface area contributed by atoms with Crippen LogP contribution in [0.3, 0.4) is 0 Å². The number of unbranched alkanes of at least 4 members (excludes halogenated alkanes) is 1. The number of aliphatic hydroxyl groups is 1. The largest absolute Gasteiger partial charge is 0.507 e. The van der Waals surface area contributed by atoms with E-state index in [1.165, 1.54) is 18.3 Å². The molecule has 1 aromatic heterocycles. The number of hydrogen-bond acceptors (Lipinski definition) is 7. The van der Waals surface area contributed by atoms with E-state index in [9.17, 15) is 14.7 Å². The van der Waals surface area contributed by atoms with E-state index in [1.807, 2.05) is 6.92 Å². The number of carbonyl (C=O) groups excluding carboxylic acids is 2. The second kappa shape index (κ2) is 11.7. The lowest BCUT2D eigenvalue weighted by molar-refractivity contribution is -0.140. The maximum absolute atomic E-state index is 13.3. The molecule has 1 saturated heterocycles. The minimum atomic E-state index is -0.876. The molecule has 37 heavy (non-hydrogen) atoms. The van der Waals surface area contributed by atoms with Gasteiger partial charge in [-0.05, 0) is 55.3 Å². The second-order valence-corrected chi connectivity index (χ2v) is 8.58. The number of carbonyl (C=O) groups is 2. The van der Waals surface area contributed by atoms with Crippen LogP contribution in [-0.2, 0) is 16.1 Å². The second-order valence-electron chi connectivity index (χ2n) is 8.58. The van der Waals surface area contributed by atoms with Gasteiger partial charge in [0, 0.05) is 5.56 Å². The van der Waals surface area contributed by atoms with Crippen LogP contribution >= 0.6 is 0 Å². The lowest BCUT2D eigenvalue weighted by atomic mass is 9.95. The van der Waals surface area contributed by atoms with Crippen molar-refractivity contribution in [2.45, 2.75) is 39.3 Å². The number of amides is 1. The minimum absolute atomic E-state index is 0.0214. The van der Waals surface area contributed by atoms with Crippen molar-refractivity contribution in [2.75, 3.05) is 20.3 Å². The monoisotopic (exact) mass is 505 g/mol. The Morgan fingerprint density at radius 1 is 1.03 bits per heavy atom. The quantitative estimate of drug-likeness (QED) is 0.159. The van der Waals surface area contributed by atoms with Crippen LogP contribution in [0.15, 0.2) is 70.9 Å². The molecule has 8 heteroatoms.